The highest BCUT2D eigenvalue weighted by molar-refractivity contribution is 5.44. The average Bonchev–Trinajstić information content (AvgIpc) is 2.38. The maximum absolute atomic E-state index is 9.72. The molecule has 1 saturated heterocycles. The molecule has 1 aliphatic heterocycles. The van der Waals surface area contributed by atoms with Gasteiger partial charge in [-0.3, -0.25) is 0 Å². The van der Waals surface area contributed by atoms with Crippen LogP contribution in [0.3, 0.4) is 0 Å². The van der Waals surface area contributed by atoms with Gasteiger partial charge in [-0.1, -0.05) is 18.9 Å². The largest absolute Gasteiger partial charge is 0.508 e. The number of fused-ring (bicyclic) bond motifs is 1. The highest BCUT2D eigenvalue weighted by Crippen LogP contribution is 2.54. The van der Waals surface area contributed by atoms with Crippen LogP contribution in [0.5, 0.6) is 5.75 Å². The minimum Gasteiger partial charge on any atom is -0.508 e. The van der Waals surface area contributed by atoms with Crippen LogP contribution in [0.25, 0.3) is 0 Å². The summed E-state index contributed by atoms with van der Waals surface area (Å²) in [5.41, 5.74) is 3.38. The molecule has 2 heteroatoms. The van der Waals surface area contributed by atoms with E-state index in [1.165, 1.54) is 44.2 Å². The van der Waals surface area contributed by atoms with E-state index in [4.69, 9.17) is 0 Å². The van der Waals surface area contributed by atoms with Gasteiger partial charge in [0.25, 0.3) is 0 Å². The van der Waals surface area contributed by atoms with Gasteiger partial charge in [-0.05, 0) is 61.4 Å². The van der Waals surface area contributed by atoms with Crippen LogP contribution in [-0.2, 0) is 11.8 Å². The zero-order valence-corrected chi connectivity index (χ0v) is 10.8. The molecule has 0 amide bonds. The molecular weight excluding hydrogens is 222 g/mol. The van der Waals surface area contributed by atoms with Crippen molar-refractivity contribution in [1.82, 2.24) is 5.32 Å². The first-order chi connectivity index (χ1) is 8.79. The molecule has 1 aromatic carbocycles. The highest BCUT2D eigenvalue weighted by Gasteiger charge is 2.51. The molecule has 96 valence electrons. The fourth-order valence-electron chi connectivity index (χ4n) is 4.94. The van der Waals surface area contributed by atoms with E-state index in [2.05, 4.69) is 11.4 Å². The molecule has 0 radical (unpaired) electrons. The molecule has 1 heterocycles. The van der Waals surface area contributed by atoms with E-state index in [1.807, 2.05) is 12.1 Å². The standard InChI is InChI=1S/C16H21NO/c18-12-4-5-13-11(9-12)10-15-14-3-1-2-6-16(13,14)7-8-17-15/h4-5,9,14-15,17-18H,1-3,6-8,10H2. The molecule has 0 aromatic heterocycles. The van der Waals surface area contributed by atoms with Crippen molar-refractivity contribution in [3.8, 4) is 5.75 Å². The van der Waals surface area contributed by atoms with E-state index in [9.17, 15) is 5.11 Å². The first kappa shape index (κ1) is 10.9. The van der Waals surface area contributed by atoms with Crippen molar-refractivity contribution in [2.24, 2.45) is 5.92 Å². The van der Waals surface area contributed by atoms with Gasteiger partial charge in [0.05, 0.1) is 0 Å². The maximum Gasteiger partial charge on any atom is 0.115 e. The molecule has 2 nitrogen and oxygen atoms in total. The molecule has 1 saturated carbocycles. The van der Waals surface area contributed by atoms with E-state index >= 15 is 0 Å². The van der Waals surface area contributed by atoms with Crippen LogP contribution in [0.15, 0.2) is 18.2 Å². The summed E-state index contributed by atoms with van der Waals surface area (Å²) < 4.78 is 0. The second-order valence-electron chi connectivity index (χ2n) is 6.36. The molecule has 18 heavy (non-hydrogen) atoms. The fourth-order valence-corrected chi connectivity index (χ4v) is 4.94. The van der Waals surface area contributed by atoms with E-state index in [-0.39, 0.29) is 0 Å². The van der Waals surface area contributed by atoms with Crippen molar-refractivity contribution in [3.63, 3.8) is 0 Å². The molecule has 2 N–H and O–H groups in total. The Bertz CT molecular complexity index is 480. The summed E-state index contributed by atoms with van der Waals surface area (Å²) in [4.78, 5) is 0. The Hall–Kier alpha value is -1.02. The van der Waals surface area contributed by atoms with Crippen LogP contribution < -0.4 is 5.32 Å². The third-order valence-electron chi connectivity index (χ3n) is 5.63. The Morgan fingerprint density at radius 3 is 3.11 bits per heavy atom. The first-order valence-electron chi connectivity index (χ1n) is 7.35. The molecule has 3 atom stereocenters. The first-order valence-corrected chi connectivity index (χ1v) is 7.35. The van der Waals surface area contributed by atoms with Crippen molar-refractivity contribution in [1.29, 1.82) is 0 Å². The molecule has 2 fully saturated rings. The summed E-state index contributed by atoms with van der Waals surface area (Å²) >= 11 is 0. The van der Waals surface area contributed by atoms with E-state index in [0.717, 1.165) is 12.3 Å². The van der Waals surface area contributed by atoms with Gasteiger partial charge in [-0.15, -0.1) is 0 Å². The molecule has 3 aliphatic rings. The Kier molecular flexibility index (Phi) is 2.25. The third kappa shape index (κ3) is 1.33. The number of aromatic hydroxyl groups is 1. The van der Waals surface area contributed by atoms with Crippen molar-refractivity contribution < 1.29 is 5.11 Å². The Labute approximate surface area is 108 Å². The molecule has 4 rings (SSSR count). The Balaban J connectivity index is 1.90. The van der Waals surface area contributed by atoms with Crippen molar-refractivity contribution >= 4 is 0 Å². The predicted octanol–water partition coefficient (Wildman–Crippen LogP) is 2.74. The summed E-state index contributed by atoms with van der Waals surface area (Å²) in [6.07, 6.45) is 7.91. The quantitative estimate of drug-likeness (QED) is 0.734. The molecule has 2 bridgehead atoms. The second-order valence-corrected chi connectivity index (χ2v) is 6.36. The molecule has 1 aromatic rings. The van der Waals surface area contributed by atoms with Gasteiger partial charge >= 0.3 is 0 Å². The Morgan fingerprint density at radius 2 is 2.17 bits per heavy atom. The number of rotatable bonds is 0. The van der Waals surface area contributed by atoms with Crippen LogP contribution in [0.2, 0.25) is 0 Å². The molecular formula is C16H21NO. The zero-order chi connectivity index (χ0) is 12.2. The minimum absolute atomic E-state index is 0.426. The summed E-state index contributed by atoms with van der Waals surface area (Å²) in [6.45, 7) is 1.17. The zero-order valence-electron chi connectivity index (χ0n) is 10.8. The van der Waals surface area contributed by atoms with Crippen molar-refractivity contribution in [2.45, 2.75) is 50.0 Å². The number of phenols is 1. The van der Waals surface area contributed by atoms with Gasteiger partial charge in [0, 0.05) is 11.5 Å². The lowest BCUT2D eigenvalue weighted by atomic mass is 9.53. The number of hydrogen-bond acceptors (Lipinski definition) is 2. The van der Waals surface area contributed by atoms with Crippen LogP contribution in [0, 0.1) is 5.92 Å². The number of piperidine rings is 1. The topological polar surface area (TPSA) is 32.3 Å². The normalized spacial score (nSPS) is 37.8. The van der Waals surface area contributed by atoms with Gasteiger partial charge in [0.15, 0.2) is 0 Å². The van der Waals surface area contributed by atoms with Gasteiger partial charge in [-0.2, -0.15) is 0 Å². The average molecular weight is 243 g/mol. The SMILES string of the molecule is Oc1ccc2c(c1)CC1NCCC23CCCCC13. The van der Waals surface area contributed by atoms with Gasteiger partial charge < -0.3 is 10.4 Å². The molecule has 2 aliphatic carbocycles. The van der Waals surface area contributed by atoms with Gasteiger partial charge in [0.1, 0.15) is 5.75 Å². The summed E-state index contributed by atoms with van der Waals surface area (Å²) in [5, 5.41) is 13.4. The molecule has 0 spiro atoms. The van der Waals surface area contributed by atoms with Crippen LogP contribution in [-0.4, -0.2) is 17.7 Å². The van der Waals surface area contributed by atoms with Crippen LogP contribution >= 0.6 is 0 Å². The van der Waals surface area contributed by atoms with E-state index in [1.54, 1.807) is 5.56 Å². The number of hydrogen-bond donors (Lipinski definition) is 2. The second kappa shape index (κ2) is 3.74. The fraction of sp³-hybridized carbons (Fsp3) is 0.625. The van der Waals surface area contributed by atoms with Crippen LogP contribution in [0.4, 0.5) is 0 Å². The lowest BCUT2D eigenvalue weighted by Crippen LogP contribution is -2.59. The summed E-state index contributed by atoms with van der Waals surface area (Å²) in [7, 11) is 0. The molecule has 3 unspecified atom stereocenters. The number of benzene rings is 1. The smallest absolute Gasteiger partial charge is 0.115 e. The number of phenolic OH excluding ortho intramolecular Hbond substituents is 1. The summed E-state index contributed by atoms with van der Waals surface area (Å²) in [5.74, 6) is 1.26. The van der Waals surface area contributed by atoms with Crippen LogP contribution in [0.1, 0.15) is 43.2 Å². The van der Waals surface area contributed by atoms with Gasteiger partial charge in [-0.25, -0.2) is 0 Å². The highest BCUT2D eigenvalue weighted by atomic mass is 16.3. The Morgan fingerprint density at radius 1 is 1.22 bits per heavy atom. The lowest BCUT2D eigenvalue weighted by Gasteiger charge is -2.56. The van der Waals surface area contributed by atoms with Crippen molar-refractivity contribution in [2.75, 3.05) is 6.54 Å². The summed E-state index contributed by atoms with van der Waals surface area (Å²) in [6, 6.07) is 6.75. The maximum atomic E-state index is 9.72. The van der Waals surface area contributed by atoms with Gasteiger partial charge in [0.2, 0.25) is 0 Å². The third-order valence-corrected chi connectivity index (χ3v) is 5.63. The predicted molar refractivity (Wildman–Crippen MR) is 71.9 cm³/mol. The monoisotopic (exact) mass is 243 g/mol. The van der Waals surface area contributed by atoms with Crippen molar-refractivity contribution in [3.05, 3.63) is 29.3 Å². The minimum atomic E-state index is 0.426. The lowest BCUT2D eigenvalue weighted by molar-refractivity contribution is 0.0797. The van der Waals surface area contributed by atoms with E-state index in [0.29, 0.717) is 17.2 Å². The van der Waals surface area contributed by atoms with E-state index < -0.39 is 0 Å². The number of nitrogens with one attached hydrogen (secondary N) is 1.